The summed E-state index contributed by atoms with van der Waals surface area (Å²) in [6.07, 6.45) is 0.666. The van der Waals surface area contributed by atoms with Gasteiger partial charge < -0.3 is 20.1 Å². The van der Waals surface area contributed by atoms with Gasteiger partial charge in [-0.05, 0) is 19.8 Å². The van der Waals surface area contributed by atoms with Gasteiger partial charge in [0.1, 0.15) is 0 Å². The quantitative estimate of drug-likeness (QED) is 0.563. The fourth-order valence-electron chi connectivity index (χ4n) is 1.23. The Balaban J connectivity index is 4.06. The summed E-state index contributed by atoms with van der Waals surface area (Å²) in [5, 5.41) is 28.0. The minimum atomic E-state index is -0.758. The van der Waals surface area contributed by atoms with Gasteiger partial charge in [0.15, 0.2) is 0 Å². The Kier molecular flexibility index (Phi) is 7.09. The molecule has 0 fully saturated rings. The lowest BCUT2D eigenvalue weighted by atomic mass is 9.98. The normalized spacial score (nSPS) is 19.6. The molecule has 0 aliphatic heterocycles. The second-order valence-corrected chi connectivity index (χ2v) is 4.25. The molecule has 0 aromatic rings. The average Bonchev–Trinajstić information content (AvgIpc) is 2.25. The summed E-state index contributed by atoms with van der Waals surface area (Å²) in [4.78, 5) is 0. The van der Waals surface area contributed by atoms with Crippen LogP contribution in [0.5, 0.6) is 0 Å². The lowest BCUT2D eigenvalue weighted by Gasteiger charge is -2.30. The highest BCUT2D eigenvalue weighted by Crippen LogP contribution is 2.19. The van der Waals surface area contributed by atoms with Crippen LogP contribution in [0.2, 0.25) is 0 Å². The molecule has 0 bridgehead atoms. The molecule has 0 aromatic heterocycles. The highest BCUT2D eigenvalue weighted by atomic mass is 16.5. The van der Waals surface area contributed by atoms with Crippen molar-refractivity contribution >= 4 is 0 Å². The van der Waals surface area contributed by atoms with Gasteiger partial charge in [0.2, 0.25) is 0 Å². The van der Waals surface area contributed by atoms with Crippen molar-refractivity contribution in [2.45, 2.75) is 57.8 Å². The molecule has 0 heterocycles. The molecule has 0 aliphatic rings. The molecule has 0 aliphatic carbocycles. The van der Waals surface area contributed by atoms with Crippen molar-refractivity contribution in [2.24, 2.45) is 0 Å². The Hall–Kier alpha value is -0.160. The van der Waals surface area contributed by atoms with Crippen LogP contribution < -0.4 is 0 Å². The predicted octanol–water partition coefficient (Wildman–Crippen LogP) is 0.686. The van der Waals surface area contributed by atoms with Crippen LogP contribution in [0.3, 0.4) is 0 Å². The third kappa shape index (κ3) is 6.10. The van der Waals surface area contributed by atoms with E-state index in [0.717, 1.165) is 0 Å². The van der Waals surface area contributed by atoms with Gasteiger partial charge in [-0.15, -0.1) is 0 Å². The SMILES string of the molecule is CCC(O)COC(C)(CO)CC(O)CC. The highest BCUT2D eigenvalue weighted by molar-refractivity contribution is 4.78. The third-order valence-electron chi connectivity index (χ3n) is 2.57. The molecule has 3 unspecified atom stereocenters. The Morgan fingerprint density at radius 3 is 2.07 bits per heavy atom. The van der Waals surface area contributed by atoms with E-state index in [1.807, 2.05) is 13.8 Å². The molecule has 4 nitrogen and oxygen atoms in total. The molecule has 0 aromatic carbocycles. The number of ether oxygens (including phenoxy) is 1. The fraction of sp³-hybridized carbons (Fsp3) is 1.00. The Morgan fingerprint density at radius 1 is 1.13 bits per heavy atom. The van der Waals surface area contributed by atoms with Crippen molar-refractivity contribution < 1.29 is 20.1 Å². The van der Waals surface area contributed by atoms with Gasteiger partial charge in [-0.3, -0.25) is 0 Å². The van der Waals surface area contributed by atoms with Gasteiger partial charge in [-0.2, -0.15) is 0 Å². The van der Waals surface area contributed by atoms with Crippen LogP contribution in [0.15, 0.2) is 0 Å². The number of aliphatic hydroxyl groups is 3. The first-order valence-electron chi connectivity index (χ1n) is 5.58. The van der Waals surface area contributed by atoms with Crippen molar-refractivity contribution in [3.63, 3.8) is 0 Å². The zero-order valence-electron chi connectivity index (χ0n) is 9.94. The second-order valence-electron chi connectivity index (χ2n) is 4.25. The topological polar surface area (TPSA) is 69.9 Å². The average molecular weight is 220 g/mol. The van der Waals surface area contributed by atoms with E-state index in [4.69, 9.17) is 4.74 Å². The summed E-state index contributed by atoms with van der Waals surface area (Å²) >= 11 is 0. The molecule has 0 spiro atoms. The number of hydrogen-bond acceptors (Lipinski definition) is 4. The van der Waals surface area contributed by atoms with Gasteiger partial charge in [-0.1, -0.05) is 13.8 Å². The van der Waals surface area contributed by atoms with E-state index < -0.39 is 17.8 Å². The molecule has 4 heteroatoms. The summed E-state index contributed by atoms with van der Waals surface area (Å²) in [5.41, 5.74) is -0.758. The van der Waals surface area contributed by atoms with Crippen LogP contribution in [0.25, 0.3) is 0 Å². The first kappa shape index (κ1) is 14.8. The predicted molar refractivity (Wildman–Crippen MR) is 58.7 cm³/mol. The van der Waals surface area contributed by atoms with Crippen LogP contribution in [-0.4, -0.2) is 46.3 Å². The van der Waals surface area contributed by atoms with Crippen LogP contribution in [-0.2, 0) is 4.74 Å². The van der Waals surface area contributed by atoms with Gasteiger partial charge in [0, 0.05) is 6.42 Å². The largest absolute Gasteiger partial charge is 0.393 e. The van der Waals surface area contributed by atoms with E-state index in [9.17, 15) is 15.3 Å². The Labute approximate surface area is 91.9 Å². The summed E-state index contributed by atoms with van der Waals surface area (Å²) < 4.78 is 5.44. The van der Waals surface area contributed by atoms with Gasteiger partial charge in [-0.25, -0.2) is 0 Å². The summed E-state index contributed by atoms with van der Waals surface area (Å²) in [7, 11) is 0. The smallest absolute Gasteiger partial charge is 0.0910 e. The highest BCUT2D eigenvalue weighted by Gasteiger charge is 2.27. The Morgan fingerprint density at radius 2 is 1.67 bits per heavy atom. The second kappa shape index (κ2) is 7.17. The summed E-state index contributed by atoms with van der Waals surface area (Å²) in [5.74, 6) is 0. The van der Waals surface area contributed by atoms with Crippen molar-refractivity contribution in [1.29, 1.82) is 0 Å². The molecule has 15 heavy (non-hydrogen) atoms. The van der Waals surface area contributed by atoms with E-state index >= 15 is 0 Å². The van der Waals surface area contributed by atoms with Crippen LogP contribution in [0.4, 0.5) is 0 Å². The minimum Gasteiger partial charge on any atom is -0.393 e. The lowest BCUT2D eigenvalue weighted by molar-refractivity contribution is -0.114. The minimum absolute atomic E-state index is 0.152. The first-order chi connectivity index (χ1) is 6.97. The van der Waals surface area contributed by atoms with Crippen molar-refractivity contribution in [3.8, 4) is 0 Å². The molecular formula is C11H24O4. The van der Waals surface area contributed by atoms with Crippen molar-refractivity contribution in [2.75, 3.05) is 13.2 Å². The van der Waals surface area contributed by atoms with Crippen molar-refractivity contribution in [1.82, 2.24) is 0 Å². The van der Waals surface area contributed by atoms with Crippen LogP contribution >= 0.6 is 0 Å². The van der Waals surface area contributed by atoms with Gasteiger partial charge in [0.25, 0.3) is 0 Å². The molecule has 3 atom stereocenters. The standard InChI is InChI=1S/C11H24O4/c1-4-9(13)6-11(3,8-12)15-7-10(14)5-2/h9-10,12-14H,4-8H2,1-3H3. The summed E-state index contributed by atoms with van der Waals surface area (Å²) in [6, 6.07) is 0. The number of hydrogen-bond donors (Lipinski definition) is 3. The van der Waals surface area contributed by atoms with E-state index in [2.05, 4.69) is 0 Å². The lowest BCUT2D eigenvalue weighted by Crippen LogP contribution is -2.39. The first-order valence-corrected chi connectivity index (χ1v) is 5.58. The van der Waals surface area contributed by atoms with E-state index in [0.29, 0.717) is 19.3 Å². The Bertz CT molecular complexity index is 163. The molecule has 0 saturated heterocycles. The molecule has 0 amide bonds. The maximum atomic E-state index is 9.49. The molecule has 3 N–H and O–H groups in total. The van der Waals surface area contributed by atoms with E-state index in [-0.39, 0.29) is 13.2 Å². The number of aliphatic hydroxyl groups excluding tert-OH is 3. The molecule has 0 rings (SSSR count). The van der Waals surface area contributed by atoms with E-state index in [1.54, 1.807) is 6.92 Å². The number of rotatable bonds is 8. The fourth-order valence-corrected chi connectivity index (χ4v) is 1.23. The third-order valence-corrected chi connectivity index (χ3v) is 2.57. The maximum Gasteiger partial charge on any atom is 0.0910 e. The van der Waals surface area contributed by atoms with Crippen LogP contribution in [0.1, 0.15) is 40.0 Å². The van der Waals surface area contributed by atoms with Crippen molar-refractivity contribution in [3.05, 3.63) is 0 Å². The maximum absolute atomic E-state index is 9.49. The molecule has 0 saturated carbocycles. The zero-order chi connectivity index (χ0) is 11.9. The molecule has 0 radical (unpaired) electrons. The summed E-state index contributed by atoms with van der Waals surface area (Å²) in [6.45, 7) is 5.54. The molecular weight excluding hydrogens is 196 g/mol. The monoisotopic (exact) mass is 220 g/mol. The van der Waals surface area contributed by atoms with Gasteiger partial charge in [0.05, 0.1) is 31.0 Å². The van der Waals surface area contributed by atoms with E-state index in [1.165, 1.54) is 0 Å². The zero-order valence-corrected chi connectivity index (χ0v) is 9.94. The molecule has 92 valence electrons. The van der Waals surface area contributed by atoms with Crippen LogP contribution in [0, 0.1) is 0 Å². The van der Waals surface area contributed by atoms with Gasteiger partial charge >= 0.3 is 0 Å².